The van der Waals surface area contributed by atoms with Gasteiger partial charge in [-0.15, -0.1) is 0 Å². The third kappa shape index (κ3) is 3.29. The van der Waals surface area contributed by atoms with E-state index in [1.165, 1.54) is 6.20 Å². The summed E-state index contributed by atoms with van der Waals surface area (Å²) in [6.45, 7) is 4.87. The molecule has 0 aromatic carbocycles. The molecular formula is C16H20N2O3. The van der Waals surface area contributed by atoms with Gasteiger partial charge in [-0.3, -0.25) is 9.78 Å². The second kappa shape index (κ2) is 7.02. The summed E-state index contributed by atoms with van der Waals surface area (Å²) >= 11 is 0. The Bertz CT molecular complexity index is 691. The highest BCUT2D eigenvalue weighted by Crippen LogP contribution is 2.12. The first-order chi connectivity index (χ1) is 10.2. The van der Waals surface area contributed by atoms with E-state index in [0.29, 0.717) is 5.39 Å². The van der Waals surface area contributed by atoms with Crippen molar-refractivity contribution < 1.29 is 9.53 Å². The van der Waals surface area contributed by atoms with E-state index in [1.54, 1.807) is 25.4 Å². The van der Waals surface area contributed by atoms with Crippen molar-refractivity contribution in [1.82, 2.24) is 9.55 Å². The van der Waals surface area contributed by atoms with Crippen LogP contribution >= 0.6 is 0 Å². The second-order valence-electron chi connectivity index (χ2n) is 4.89. The molecule has 2 aromatic heterocycles. The number of esters is 1. The first kappa shape index (κ1) is 15.2. The first-order valence-corrected chi connectivity index (χ1v) is 7.33. The fraction of sp³-hybridized carbons (Fsp3) is 0.438. The Hall–Kier alpha value is -2.17. The molecule has 0 spiro atoms. The zero-order chi connectivity index (χ0) is 15.2. The number of ether oxygens (including phenoxy) is 1. The van der Waals surface area contributed by atoms with E-state index >= 15 is 0 Å². The van der Waals surface area contributed by atoms with Gasteiger partial charge in [0.25, 0.3) is 0 Å². The Morgan fingerprint density at radius 3 is 2.86 bits per heavy atom. The summed E-state index contributed by atoms with van der Waals surface area (Å²) in [5, 5.41) is 0.458. The third-order valence-electron chi connectivity index (χ3n) is 3.38. The van der Waals surface area contributed by atoms with Crippen LogP contribution in [0.25, 0.3) is 10.9 Å². The molecule has 0 aliphatic carbocycles. The van der Waals surface area contributed by atoms with Gasteiger partial charge < -0.3 is 9.30 Å². The number of unbranched alkanes of at least 4 members (excludes halogenated alkanes) is 2. The molecule has 0 unspecified atom stereocenters. The number of fused-ring (bicyclic) bond motifs is 1. The highest BCUT2D eigenvalue weighted by atomic mass is 16.5. The maximum absolute atomic E-state index is 12.4. The Labute approximate surface area is 123 Å². The van der Waals surface area contributed by atoms with Crippen LogP contribution in [0.1, 0.15) is 43.5 Å². The number of carbonyl (C=O) groups is 1. The van der Waals surface area contributed by atoms with Crippen LogP contribution in [0, 0.1) is 0 Å². The van der Waals surface area contributed by atoms with Crippen molar-refractivity contribution in [3.05, 3.63) is 40.4 Å². The van der Waals surface area contributed by atoms with Crippen LogP contribution in [0.2, 0.25) is 0 Å². The maximum atomic E-state index is 12.4. The average molecular weight is 288 g/mol. The molecule has 2 aromatic rings. The van der Waals surface area contributed by atoms with Gasteiger partial charge in [0.1, 0.15) is 5.56 Å². The molecule has 2 heterocycles. The van der Waals surface area contributed by atoms with Crippen LogP contribution in [0.4, 0.5) is 0 Å². The SMILES string of the molecule is CCCCCn1cc(C(=O)OCC)c(=O)c2cnccc21. The third-order valence-corrected chi connectivity index (χ3v) is 3.38. The van der Waals surface area contributed by atoms with Crippen LogP contribution in [0.5, 0.6) is 0 Å². The lowest BCUT2D eigenvalue weighted by atomic mass is 10.1. The van der Waals surface area contributed by atoms with Crippen LogP contribution in [-0.4, -0.2) is 22.1 Å². The highest BCUT2D eigenvalue weighted by molar-refractivity contribution is 5.93. The molecule has 0 saturated carbocycles. The van der Waals surface area contributed by atoms with Crippen LogP contribution in [-0.2, 0) is 11.3 Å². The normalized spacial score (nSPS) is 10.8. The summed E-state index contributed by atoms with van der Waals surface area (Å²) in [6, 6.07) is 1.80. The number of aromatic nitrogens is 2. The number of rotatable bonds is 6. The predicted octanol–water partition coefficient (Wildman–Crippen LogP) is 2.76. The van der Waals surface area contributed by atoms with Gasteiger partial charge in [-0.2, -0.15) is 0 Å². The van der Waals surface area contributed by atoms with Gasteiger partial charge in [0, 0.05) is 25.1 Å². The molecule has 0 bridgehead atoms. The van der Waals surface area contributed by atoms with Crippen molar-refractivity contribution in [3.8, 4) is 0 Å². The van der Waals surface area contributed by atoms with Crippen molar-refractivity contribution in [1.29, 1.82) is 0 Å². The summed E-state index contributed by atoms with van der Waals surface area (Å²) in [5.74, 6) is -0.572. The molecule has 112 valence electrons. The van der Waals surface area contributed by atoms with Crippen molar-refractivity contribution in [3.63, 3.8) is 0 Å². The maximum Gasteiger partial charge on any atom is 0.343 e. The molecule has 0 saturated heterocycles. The van der Waals surface area contributed by atoms with E-state index in [0.717, 1.165) is 31.3 Å². The molecule has 0 aliphatic rings. The van der Waals surface area contributed by atoms with Gasteiger partial charge in [0.15, 0.2) is 0 Å². The standard InChI is InChI=1S/C16H20N2O3/c1-3-5-6-9-18-11-13(16(20)21-4-2)15(19)12-10-17-8-7-14(12)18/h7-8,10-11H,3-6,9H2,1-2H3. The van der Waals surface area contributed by atoms with E-state index < -0.39 is 5.97 Å². The van der Waals surface area contributed by atoms with E-state index in [9.17, 15) is 9.59 Å². The first-order valence-electron chi connectivity index (χ1n) is 7.33. The smallest absolute Gasteiger partial charge is 0.343 e. The molecule has 0 amide bonds. The Morgan fingerprint density at radius 2 is 2.14 bits per heavy atom. The molecule has 0 fully saturated rings. The molecule has 0 N–H and O–H groups in total. The number of pyridine rings is 2. The molecule has 5 nitrogen and oxygen atoms in total. The summed E-state index contributed by atoms with van der Waals surface area (Å²) in [7, 11) is 0. The van der Waals surface area contributed by atoms with Crippen LogP contribution < -0.4 is 5.43 Å². The van der Waals surface area contributed by atoms with Crippen molar-refractivity contribution in [2.45, 2.75) is 39.7 Å². The highest BCUT2D eigenvalue weighted by Gasteiger charge is 2.16. The Kier molecular flexibility index (Phi) is 5.09. The quantitative estimate of drug-likeness (QED) is 0.605. The minimum absolute atomic E-state index is 0.0776. The second-order valence-corrected chi connectivity index (χ2v) is 4.89. The van der Waals surface area contributed by atoms with E-state index in [1.807, 2.05) is 4.57 Å². The van der Waals surface area contributed by atoms with Crippen molar-refractivity contribution in [2.75, 3.05) is 6.61 Å². The van der Waals surface area contributed by atoms with E-state index in [-0.39, 0.29) is 17.6 Å². The molecule has 5 heteroatoms. The van der Waals surface area contributed by atoms with Gasteiger partial charge >= 0.3 is 5.97 Å². The van der Waals surface area contributed by atoms with Gasteiger partial charge in [0.05, 0.1) is 17.5 Å². The molecular weight excluding hydrogens is 268 g/mol. The Morgan fingerprint density at radius 1 is 1.33 bits per heavy atom. The molecule has 21 heavy (non-hydrogen) atoms. The topological polar surface area (TPSA) is 61.2 Å². The number of nitrogens with zero attached hydrogens (tertiary/aromatic N) is 2. The number of hydrogen-bond acceptors (Lipinski definition) is 4. The molecule has 0 radical (unpaired) electrons. The molecule has 2 rings (SSSR count). The lowest BCUT2D eigenvalue weighted by Crippen LogP contribution is -2.21. The van der Waals surface area contributed by atoms with E-state index in [4.69, 9.17) is 4.74 Å². The van der Waals surface area contributed by atoms with Crippen molar-refractivity contribution >= 4 is 16.9 Å². The lowest BCUT2D eigenvalue weighted by molar-refractivity contribution is 0.0524. The lowest BCUT2D eigenvalue weighted by Gasteiger charge is -2.12. The largest absolute Gasteiger partial charge is 0.462 e. The monoisotopic (exact) mass is 288 g/mol. The van der Waals surface area contributed by atoms with E-state index in [2.05, 4.69) is 11.9 Å². The number of hydrogen-bond donors (Lipinski definition) is 0. The van der Waals surface area contributed by atoms with Gasteiger partial charge in [-0.05, 0) is 19.4 Å². The summed E-state index contributed by atoms with van der Waals surface area (Å²) < 4.78 is 6.91. The van der Waals surface area contributed by atoms with Crippen LogP contribution in [0.15, 0.2) is 29.5 Å². The minimum atomic E-state index is -0.572. The van der Waals surface area contributed by atoms with Crippen molar-refractivity contribution in [2.24, 2.45) is 0 Å². The summed E-state index contributed by atoms with van der Waals surface area (Å²) in [6.07, 6.45) is 7.99. The molecule has 0 atom stereocenters. The van der Waals surface area contributed by atoms with Crippen LogP contribution in [0.3, 0.4) is 0 Å². The minimum Gasteiger partial charge on any atom is -0.462 e. The predicted molar refractivity (Wildman–Crippen MR) is 81.5 cm³/mol. The zero-order valence-electron chi connectivity index (χ0n) is 12.5. The number of aryl methyl sites for hydroxylation is 1. The molecule has 0 aliphatic heterocycles. The summed E-state index contributed by atoms with van der Waals surface area (Å²) in [5.41, 5.74) is 0.566. The number of carbonyl (C=O) groups excluding carboxylic acids is 1. The summed E-state index contributed by atoms with van der Waals surface area (Å²) in [4.78, 5) is 28.3. The fourth-order valence-electron chi connectivity index (χ4n) is 2.31. The zero-order valence-corrected chi connectivity index (χ0v) is 12.5. The van der Waals surface area contributed by atoms with Gasteiger partial charge in [0.2, 0.25) is 5.43 Å². The average Bonchev–Trinajstić information content (AvgIpc) is 2.50. The fourth-order valence-corrected chi connectivity index (χ4v) is 2.31. The Balaban J connectivity index is 2.52. The van der Waals surface area contributed by atoms with Gasteiger partial charge in [-0.25, -0.2) is 4.79 Å². The van der Waals surface area contributed by atoms with Gasteiger partial charge in [-0.1, -0.05) is 19.8 Å².